The number of likely N-dealkylation sites (N-methyl/N-ethyl adjacent to an activating group) is 1. The Morgan fingerprint density at radius 2 is 1.58 bits per heavy atom. The maximum atomic E-state index is 13.7. The van der Waals surface area contributed by atoms with Crippen LogP contribution in [0.5, 0.6) is 0 Å². The minimum absolute atomic E-state index is 0.00129. The van der Waals surface area contributed by atoms with E-state index in [0.29, 0.717) is 18.4 Å². The van der Waals surface area contributed by atoms with E-state index in [0.717, 1.165) is 43.1 Å². The van der Waals surface area contributed by atoms with Gasteiger partial charge in [0.05, 0.1) is 25.2 Å². The normalized spacial score (nSPS) is 16.2. The highest BCUT2D eigenvalue weighted by atomic mass is 16.5. The quantitative estimate of drug-likeness (QED) is 0.623. The molecule has 0 aliphatic carbocycles. The number of carboxylic acids is 1. The van der Waals surface area contributed by atoms with Crippen molar-refractivity contribution in [1.82, 2.24) is 4.90 Å². The Labute approximate surface area is 184 Å². The first-order valence-electron chi connectivity index (χ1n) is 10.8. The van der Waals surface area contributed by atoms with Crippen molar-refractivity contribution in [2.45, 2.75) is 31.7 Å². The van der Waals surface area contributed by atoms with Crippen molar-refractivity contribution in [3.05, 3.63) is 65.2 Å². The van der Waals surface area contributed by atoms with Gasteiger partial charge in [-0.3, -0.25) is 14.5 Å². The Balaban J connectivity index is 1.81. The molecular weight excluding hydrogens is 392 g/mol. The van der Waals surface area contributed by atoms with Gasteiger partial charge in [0.25, 0.3) is 0 Å². The van der Waals surface area contributed by atoms with Crippen LogP contribution in [0.3, 0.4) is 0 Å². The first kappa shape index (κ1) is 23.0. The lowest BCUT2D eigenvalue weighted by atomic mass is 9.80. The van der Waals surface area contributed by atoms with Crippen LogP contribution in [-0.4, -0.2) is 67.7 Å². The zero-order valence-electron chi connectivity index (χ0n) is 18.6. The van der Waals surface area contributed by atoms with E-state index in [9.17, 15) is 9.59 Å². The monoisotopic (exact) mass is 424 g/mol. The van der Waals surface area contributed by atoms with Gasteiger partial charge in [-0.1, -0.05) is 31.2 Å². The fourth-order valence-corrected chi connectivity index (χ4v) is 4.24. The molecule has 0 saturated carbocycles. The van der Waals surface area contributed by atoms with Gasteiger partial charge in [-0.25, -0.2) is 0 Å². The molecule has 0 radical (unpaired) electrons. The Bertz CT molecular complexity index is 887. The van der Waals surface area contributed by atoms with Crippen molar-refractivity contribution < 1.29 is 19.4 Å². The first-order chi connectivity index (χ1) is 14.9. The van der Waals surface area contributed by atoms with E-state index in [1.54, 1.807) is 0 Å². The molecule has 0 spiro atoms. The highest BCUT2D eigenvalue weighted by molar-refractivity contribution is 6.03. The SMILES string of the molecule is CCC(Cc1ccc(CC(=O)O)cc1)(C(=O)c1ccc(N2CCOCC2)cc1)N(C)C. The average molecular weight is 425 g/mol. The summed E-state index contributed by atoms with van der Waals surface area (Å²) in [6.45, 7) is 5.22. The summed E-state index contributed by atoms with van der Waals surface area (Å²) in [6.07, 6.45) is 1.23. The molecule has 6 nitrogen and oxygen atoms in total. The number of benzene rings is 2. The number of aliphatic carboxylic acids is 1. The zero-order valence-corrected chi connectivity index (χ0v) is 18.6. The van der Waals surface area contributed by atoms with Crippen LogP contribution in [0.1, 0.15) is 34.8 Å². The highest BCUT2D eigenvalue weighted by Gasteiger charge is 2.39. The molecule has 1 aliphatic heterocycles. The van der Waals surface area contributed by atoms with E-state index in [1.807, 2.05) is 74.4 Å². The molecule has 2 aromatic carbocycles. The van der Waals surface area contributed by atoms with Gasteiger partial charge in [0.1, 0.15) is 0 Å². The number of hydrogen-bond donors (Lipinski definition) is 1. The van der Waals surface area contributed by atoms with E-state index < -0.39 is 11.5 Å². The standard InChI is InChI=1S/C25H32N2O4/c1-4-25(26(2)3,18-20-7-5-19(6-8-20)17-23(28)29)24(30)21-9-11-22(12-10-21)27-13-15-31-16-14-27/h5-12H,4,13-18H2,1-3H3,(H,28,29). The second-order valence-corrected chi connectivity index (χ2v) is 8.32. The van der Waals surface area contributed by atoms with Crippen LogP contribution < -0.4 is 4.90 Å². The third-order valence-electron chi connectivity index (χ3n) is 6.24. The Morgan fingerprint density at radius 1 is 1.00 bits per heavy atom. The predicted octanol–water partition coefficient (Wildman–Crippen LogP) is 3.29. The molecule has 1 atom stereocenters. The average Bonchev–Trinajstić information content (AvgIpc) is 2.78. The molecule has 3 rings (SSSR count). The molecule has 2 aromatic rings. The van der Waals surface area contributed by atoms with Crippen molar-refractivity contribution in [1.29, 1.82) is 0 Å². The summed E-state index contributed by atoms with van der Waals surface area (Å²) >= 11 is 0. The molecule has 6 heteroatoms. The molecule has 0 bridgehead atoms. The molecule has 166 valence electrons. The molecular formula is C25H32N2O4. The zero-order chi connectivity index (χ0) is 22.4. The van der Waals surface area contributed by atoms with Crippen molar-refractivity contribution in [2.24, 2.45) is 0 Å². The smallest absolute Gasteiger partial charge is 0.307 e. The summed E-state index contributed by atoms with van der Waals surface area (Å²) in [4.78, 5) is 28.9. The van der Waals surface area contributed by atoms with E-state index in [1.165, 1.54) is 0 Å². The van der Waals surface area contributed by atoms with Crippen LogP contribution in [-0.2, 0) is 22.4 Å². The minimum Gasteiger partial charge on any atom is -0.481 e. The molecule has 1 heterocycles. The van der Waals surface area contributed by atoms with E-state index >= 15 is 0 Å². The fourth-order valence-electron chi connectivity index (χ4n) is 4.24. The second kappa shape index (κ2) is 10.1. The molecule has 0 aromatic heterocycles. The number of anilines is 1. The number of carboxylic acid groups (broad SMARTS) is 1. The third-order valence-corrected chi connectivity index (χ3v) is 6.24. The van der Waals surface area contributed by atoms with E-state index in [4.69, 9.17) is 9.84 Å². The maximum absolute atomic E-state index is 13.7. The van der Waals surface area contributed by atoms with Crippen LogP contribution in [0.15, 0.2) is 48.5 Å². The van der Waals surface area contributed by atoms with Gasteiger partial charge in [-0.2, -0.15) is 0 Å². The number of ketones is 1. The molecule has 0 amide bonds. The van der Waals surface area contributed by atoms with Gasteiger partial charge in [0, 0.05) is 24.3 Å². The third kappa shape index (κ3) is 5.32. The Kier molecular flexibility index (Phi) is 7.46. The van der Waals surface area contributed by atoms with Gasteiger partial charge in [-0.15, -0.1) is 0 Å². The van der Waals surface area contributed by atoms with Crippen molar-refractivity contribution >= 4 is 17.4 Å². The lowest BCUT2D eigenvalue weighted by Crippen LogP contribution is -2.52. The van der Waals surface area contributed by atoms with Crippen molar-refractivity contribution in [3.63, 3.8) is 0 Å². The number of nitrogens with zero attached hydrogens (tertiary/aromatic N) is 2. The largest absolute Gasteiger partial charge is 0.481 e. The van der Waals surface area contributed by atoms with Gasteiger partial charge < -0.3 is 14.7 Å². The van der Waals surface area contributed by atoms with Gasteiger partial charge in [0.15, 0.2) is 5.78 Å². The number of carbonyl (C=O) groups is 2. The lowest BCUT2D eigenvalue weighted by molar-refractivity contribution is -0.136. The highest BCUT2D eigenvalue weighted by Crippen LogP contribution is 2.29. The number of ether oxygens (including phenoxy) is 1. The van der Waals surface area contributed by atoms with Gasteiger partial charge >= 0.3 is 5.97 Å². The summed E-state index contributed by atoms with van der Waals surface area (Å²) in [5.74, 6) is -0.747. The van der Waals surface area contributed by atoms with Crippen molar-refractivity contribution in [2.75, 3.05) is 45.3 Å². The molecule has 1 fully saturated rings. The minimum atomic E-state index is -0.848. The summed E-state index contributed by atoms with van der Waals surface area (Å²) < 4.78 is 5.42. The van der Waals surface area contributed by atoms with Crippen LogP contribution in [0.2, 0.25) is 0 Å². The molecule has 1 aliphatic rings. The summed E-state index contributed by atoms with van der Waals surface area (Å²) in [6, 6.07) is 15.4. The number of hydrogen-bond acceptors (Lipinski definition) is 5. The Morgan fingerprint density at radius 3 is 2.10 bits per heavy atom. The summed E-state index contributed by atoms with van der Waals surface area (Å²) in [5.41, 5.74) is 2.92. The van der Waals surface area contributed by atoms with E-state index in [2.05, 4.69) is 4.90 Å². The van der Waals surface area contributed by atoms with Gasteiger partial charge in [0.2, 0.25) is 0 Å². The van der Waals surface area contributed by atoms with Crippen LogP contribution >= 0.6 is 0 Å². The lowest BCUT2D eigenvalue weighted by Gasteiger charge is -2.38. The molecule has 1 saturated heterocycles. The number of morpholine rings is 1. The number of carbonyl (C=O) groups excluding carboxylic acids is 1. The van der Waals surface area contributed by atoms with Crippen LogP contribution in [0.25, 0.3) is 0 Å². The van der Waals surface area contributed by atoms with Crippen molar-refractivity contribution in [3.8, 4) is 0 Å². The molecule has 1 unspecified atom stereocenters. The summed E-state index contributed by atoms with van der Waals surface area (Å²) in [5, 5.41) is 8.97. The number of Topliss-reactive ketones (excluding diaryl/α,β-unsaturated/α-hetero) is 1. The van der Waals surface area contributed by atoms with E-state index in [-0.39, 0.29) is 12.2 Å². The summed E-state index contributed by atoms with van der Waals surface area (Å²) in [7, 11) is 3.89. The van der Waals surface area contributed by atoms with Crippen LogP contribution in [0, 0.1) is 0 Å². The molecule has 31 heavy (non-hydrogen) atoms. The number of rotatable bonds is 9. The Hall–Kier alpha value is -2.70. The fraction of sp³-hybridized carbons (Fsp3) is 0.440. The predicted molar refractivity (Wildman–Crippen MR) is 122 cm³/mol. The second-order valence-electron chi connectivity index (χ2n) is 8.32. The van der Waals surface area contributed by atoms with Gasteiger partial charge in [-0.05, 0) is 62.3 Å². The topological polar surface area (TPSA) is 70.1 Å². The molecule has 1 N–H and O–H groups in total. The van der Waals surface area contributed by atoms with Crippen LogP contribution in [0.4, 0.5) is 5.69 Å². The first-order valence-corrected chi connectivity index (χ1v) is 10.8. The maximum Gasteiger partial charge on any atom is 0.307 e.